The highest BCUT2D eigenvalue weighted by molar-refractivity contribution is 7.91. The molecule has 1 aliphatic rings. The van der Waals surface area contributed by atoms with Crippen LogP contribution in [-0.2, 0) is 16.6 Å². The standard InChI is InChI=1S/C13H22N2O2S2/c1-10-3-2-4-12(6-5-10)15-19(16,17)13-7-11(8-14)9-18-13/h7,9-10,12,15H,2-6,8,14H2,1H3. The van der Waals surface area contributed by atoms with E-state index in [1.165, 1.54) is 17.8 Å². The van der Waals surface area contributed by atoms with Gasteiger partial charge in [-0.2, -0.15) is 0 Å². The van der Waals surface area contributed by atoms with E-state index in [1.54, 1.807) is 6.07 Å². The second-order valence-electron chi connectivity index (χ2n) is 5.41. The van der Waals surface area contributed by atoms with Crippen LogP contribution in [0, 0.1) is 5.92 Å². The van der Waals surface area contributed by atoms with E-state index in [0.29, 0.717) is 16.7 Å². The van der Waals surface area contributed by atoms with Crippen LogP contribution < -0.4 is 10.5 Å². The Morgan fingerprint density at radius 3 is 2.84 bits per heavy atom. The molecule has 19 heavy (non-hydrogen) atoms. The van der Waals surface area contributed by atoms with Crippen molar-refractivity contribution in [1.82, 2.24) is 4.72 Å². The second kappa shape index (κ2) is 6.35. The summed E-state index contributed by atoms with van der Waals surface area (Å²) < 4.78 is 27.8. The summed E-state index contributed by atoms with van der Waals surface area (Å²) in [5.41, 5.74) is 6.39. The van der Waals surface area contributed by atoms with E-state index in [4.69, 9.17) is 5.73 Å². The quantitative estimate of drug-likeness (QED) is 0.839. The molecule has 4 nitrogen and oxygen atoms in total. The molecule has 1 aromatic heterocycles. The lowest BCUT2D eigenvalue weighted by molar-refractivity contribution is 0.485. The van der Waals surface area contributed by atoms with Crippen LogP contribution in [0.3, 0.4) is 0 Å². The molecule has 0 aromatic carbocycles. The van der Waals surface area contributed by atoms with Crippen molar-refractivity contribution in [1.29, 1.82) is 0 Å². The van der Waals surface area contributed by atoms with Crippen molar-refractivity contribution in [3.05, 3.63) is 17.0 Å². The van der Waals surface area contributed by atoms with Crippen LogP contribution in [0.5, 0.6) is 0 Å². The number of nitrogens with one attached hydrogen (secondary N) is 1. The molecule has 0 bridgehead atoms. The largest absolute Gasteiger partial charge is 0.326 e. The van der Waals surface area contributed by atoms with Gasteiger partial charge in [0.25, 0.3) is 0 Å². The fraction of sp³-hybridized carbons (Fsp3) is 0.692. The van der Waals surface area contributed by atoms with Gasteiger partial charge in [0.05, 0.1) is 0 Å². The van der Waals surface area contributed by atoms with Crippen LogP contribution >= 0.6 is 11.3 Å². The van der Waals surface area contributed by atoms with Crippen molar-refractivity contribution in [3.63, 3.8) is 0 Å². The Morgan fingerprint density at radius 1 is 1.37 bits per heavy atom. The van der Waals surface area contributed by atoms with Gasteiger partial charge in [0, 0.05) is 12.6 Å². The van der Waals surface area contributed by atoms with Gasteiger partial charge in [0.1, 0.15) is 4.21 Å². The van der Waals surface area contributed by atoms with Crippen molar-refractivity contribution < 1.29 is 8.42 Å². The van der Waals surface area contributed by atoms with E-state index in [-0.39, 0.29) is 6.04 Å². The normalized spacial score (nSPS) is 25.2. The molecule has 0 spiro atoms. The fourth-order valence-corrected chi connectivity index (χ4v) is 5.03. The van der Waals surface area contributed by atoms with Crippen LogP contribution in [0.15, 0.2) is 15.7 Å². The molecule has 2 unspecified atom stereocenters. The Hall–Kier alpha value is -0.430. The maximum atomic E-state index is 12.3. The molecule has 2 atom stereocenters. The van der Waals surface area contributed by atoms with Gasteiger partial charge >= 0.3 is 0 Å². The Balaban J connectivity index is 2.04. The van der Waals surface area contributed by atoms with Crippen LogP contribution in [0.25, 0.3) is 0 Å². The van der Waals surface area contributed by atoms with Gasteiger partial charge < -0.3 is 5.73 Å². The van der Waals surface area contributed by atoms with Crippen LogP contribution in [0.2, 0.25) is 0 Å². The number of rotatable bonds is 4. The first kappa shape index (κ1) is 15.0. The highest BCUT2D eigenvalue weighted by atomic mass is 32.2. The third-order valence-electron chi connectivity index (χ3n) is 3.71. The van der Waals surface area contributed by atoms with E-state index in [1.807, 2.05) is 5.38 Å². The van der Waals surface area contributed by atoms with Crippen molar-refractivity contribution in [2.75, 3.05) is 0 Å². The summed E-state index contributed by atoms with van der Waals surface area (Å²) in [6.07, 6.45) is 5.29. The molecule has 1 fully saturated rings. The van der Waals surface area contributed by atoms with E-state index >= 15 is 0 Å². The average Bonchev–Trinajstić information content (AvgIpc) is 2.77. The van der Waals surface area contributed by atoms with Gasteiger partial charge in [0.15, 0.2) is 0 Å². The van der Waals surface area contributed by atoms with Crippen LogP contribution in [0.1, 0.15) is 44.6 Å². The Kier molecular flexibility index (Phi) is 5.00. The zero-order chi connectivity index (χ0) is 13.9. The first-order valence-electron chi connectivity index (χ1n) is 6.81. The maximum Gasteiger partial charge on any atom is 0.250 e. The van der Waals surface area contributed by atoms with Crippen molar-refractivity contribution in [3.8, 4) is 0 Å². The average molecular weight is 302 g/mol. The predicted octanol–water partition coefficient (Wildman–Crippen LogP) is 2.45. The number of hydrogen-bond acceptors (Lipinski definition) is 4. The molecule has 0 saturated heterocycles. The van der Waals surface area contributed by atoms with Crippen molar-refractivity contribution >= 4 is 21.4 Å². The van der Waals surface area contributed by atoms with E-state index in [0.717, 1.165) is 31.2 Å². The second-order valence-corrected chi connectivity index (χ2v) is 8.26. The Morgan fingerprint density at radius 2 is 2.16 bits per heavy atom. The van der Waals surface area contributed by atoms with Gasteiger partial charge in [-0.15, -0.1) is 11.3 Å². The highest BCUT2D eigenvalue weighted by Gasteiger charge is 2.23. The molecule has 2 rings (SSSR count). The minimum absolute atomic E-state index is 0.0818. The molecule has 3 N–H and O–H groups in total. The Labute approximate surface area is 119 Å². The molecule has 0 aliphatic heterocycles. The van der Waals surface area contributed by atoms with E-state index in [2.05, 4.69) is 11.6 Å². The maximum absolute atomic E-state index is 12.3. The summed E-state index contributed by atoms with van der Waals surface area (Å²) in [5, 5.41) is 1.81. The molecule has 6 heteroatoms. The molecule has 0 radical (unpaired) electrons. The molecule has 1 heterocycles. The van der Waals surface area contributed by atoms with E-state index in [9.17, 15) is 8.42 Å². The Bertz CT molecular complexity index is 510. The molecule has 0 amide bonds. The summed E-state index contributed by atoms with van der Waals surface area (Å²) in [6.45, 7) is 2.62. The number of thiophene rings is 1. The monoisotopic (exact) mass is 302 g/mol. The summed E-state index contributed by atoms with van der Waals surface area (Å²) in [4.78, 5) is 0. The van der Waals surface area contributed by atoms with Gasteiger partial charge in [-0.05, 0) is 42.2 Å². The topological polar surface area (TPSA) is 72.2 Å². The summed E-state index contributed by atoms with van der Waals surface area (Å²) in [6, 6.07) is 1.75. The number of nitrogens with two attached hydrogens (primary N) is 1. The van der Waals surface area contributed by atoms with E-state index < -0.39 is 10.0 Å². The van der Waals surface area contributed by atoms with Gasteiger partial charge in [-0.25, -0.2) is 13.1 Å². The van der Waals surface area contributed by atoms with Crippen molar-refractivity contribution in [2.45, 2.75) is 55.8 Å². The fourth-order valence-electron chi connectivity index (χ4n) is 2.48. The third-order valence-corrected chi connectivity index (χ3v) is 6.72. The lowest BCUT2D eigenvalue weighted by Crippen LogP contribution is -2.34. The first-order valence-corrected chi connectivity index (χ1v) is 9.17. The minimum Gasteiger partial charge on any atom is -0.326 e. The van der Waals surface area contributed by atoms with Gasteiger partial charge in [-0.1, -0.05) is 19.8 Å². The predicted molar refractivity (Wildman–Crippen MR) is 78.6 cm³/mol. The van der Waals surface area contributed by atoms with Crippen LogP contribution in [0.4, 0.5) is 0 Å². The summed E-state index contributed by atoms with van der Waals surface area (Å²) in [5.74, 6) is 0.708. The lowest BCUT2D eigenvalue weighted by Gasteiger charge is -2.15. The molecular weight excluding hydrogens is 280 g/mol. The van der Waals surface area contributed by atoms with Gasteiger partial charge in [-0.3, -0.25) is 0 Å². The molecular formula is C13H22N2O2S2. The molecule has 1 aliphatic carbocycles. The third kappa shape index (κ3) is 4.02. The van der Waals surface area contributed by atoms with Gasteiger partial charge in [0.2, 0.25) is 10.0 Å². The summed E-state index contributed by atoms with van der Waals surface area (Å²) in [7, 11) is -3.37. The first-order chi connectivity index (χ1) is 9.01. The minimum atomic E-state index is -3.37. The lowest BCUT2D eigenvalue weighted by atomic mass is 10.0. The number of hydrogen-bond donors (Lipinski definition) is 2. The molecule has 1 aromatic rings. The highest BCUT2D eigenvalue weighted by Crippen LogP contribution is 2.25. The molecule has 1 saturated carbocycles. The smallest absolute Gasteiger partial charge is 0.250 e. The zero-order valence-corrected chi connectivity index (χ0v) is 12.9. The summed E-state index contributed by atoms with van der Waals surface area (Å²) >= 11 is 1.24. The number of sulfonamides is 1. The SMILES string of the molecule is CC1CCCC(NS(=O)(=O)c2cc(CN)cs2)CC1. The van der Waals surface area contributed by atoms with Crippen molar-refractivity contribution in [2.24, 2.45) is 11.7 Å². The van der Waals surface area contributed by atoms with Crippen LogP contribution in [-0.4, -0.2) is 14.5 Å². The zero-order valence-electron chi connectivity index (χ0n) is 11.3. The molecule has 108 valence electrons.